The van der Waals surface area contributed by atoms with Crippen molar-refractivity contribution >= 4 is 10.0 Å². The summed E-state index contributed by atoms with van der Waals surface area (Å²) in [5, 5.41) is 9.71. The molecule has 9 heteroatoms. The lowest BCUT2D eigenvalue weighted by molar-refractivity contribution is 0.463. The monoisotopic (exact) mass is 311 g/mol. The van der Waals surface area contributed by atoms with Gasteiger partial charge in [0.2, 0.25) is 5.89 Å². The van der Waals surface area contributed by atoms with Gasteiger partial charge < -0.3 is 9.73 Å². The van der Waals surface area contributed by atoms with Gasteiger partial charge >= 0.3 is 0 Å². The Morgan fingerprint density at radius 2 is 2.19 bits per heavy atom. The van der Waals surface area contributed by atoms with Gasteiger partial charge in [-0.15, -0.1) is 0 Å². The van der Waals surface area contributed by atoms with Crippen molar-refractivity contribution in [2.45, 2.75) is 43.9 Å². The molecule has 8 nitrogen and oxygen atoms in total. The van der Waals surface area contributed by atoms with Gasteiger partial charge in [-0.2, -0.15) is 5.10 Å². The van der Waals surface area contributed by atoms with E-state index in [0.717, 1.165) is 12.8 Å². The number of hydrogen-bond acceptors (Lipinski definition) is 6. The van der Waals surface area contributed by atoms with Crippen molar-refractivity contribution < 1.29 is 12.8 Å². The second-order valence-electron chi connectivity index (χ2n) is 5.07. The molecule has 3 N–H and O–H groups in total. The molecule has 0 aromatic carbocycles. The number of nitrogens with one attached hydrogen (secondary N) is 3. The van der Waals surface area contributed by atoms with E-state index in [0.29, 0.717) is 29.8 Å². The molecule has 0 aliphatic heterocycles. The number of oxazole rings is 1. The SMILES string of the molecule is Cc1cnc(CNS(=O)(=O)c2[nH]ncc2CNC2CC2)o1. The van der Waals surface area contributed by atoms with Gasteiger partial charge in [-0.25, -0.2) is 18.1 Å². The first-order valence-electron chi connectivity index (χ1n) is 6.71. The van der Waals surface area contributed by atoms with Crippen molar-refractivity contribution in [3.8, 4) is 0 Å². The highest BCUT2D eigenvalue weighted by atomic mass is 32.2. The molecular formula is C12H17N5O3S. The van der Waals surface area contributed by atoms with E-state index in [1.54, 1.807) is 13.1 Å². The molecule has 1 aliphatic carbocycles. The van der Waals surface area contributed by atoms with E-state index in [2.05, 4.69) is 25.2 Å². The number of aromatic nitrogens is 3. The van der Waals surface area contributed by atoms with Crippen molar-refractivity contribution in [3.05, 3.63) is 29.6 Å². The third kappa shape index (κ3) is 3.49. The van der Waals surface area contributed by atoms with E-state index < -0.39 is 10.0 Å². The fourth-order valence-electron chi connectivity index (χ4n) is 1.91. The fraction of sp³-hybridized carbons (Fsp3) is 0.500. The summed E-state index contributed by atoms with van der Waals surface area (Å²) in [4.78, 5) is 3.96. The summed E-state index contributed by atoms with van der Waals surface area (Å²) < 4.78 is 32.2. The van der Waals surface area contributed by atoms with Crippen LogP contribution in [-0.2, 0) is 23.1 Å². The predicted octanol–water partition coefficient (Wildman–Crippen LogP) is 0.437. The van der Waals surface area contributed by atoms with Gasteiger partial charge in [0.1, 0.15) is 5.76 Å². The maximum atomic E-state index is 12.3. The van der Waals surface area contributed by atoms with Gasteiger partial charge in [-0.05, 0) is 19.8 Å². The smallest absolute Gasteiger partial charge is 0.258 e. The molecule has 2 heterocycles. The Morgan fingerprint density at radius 1 is 1.38 bits per heavy atom. The van der Waals surface area contributed by atoms with Gasteiger partial charge in [-0.1, -0.05) is 0 Å². The van der Waals surface area contributed by atoms with E-state index in [4.69, 9.17) is 4.42 Å². The van der Waals surface area contributed by atoms with Crippen LogP contribution in [0.4, 0.5) is 0 Å². The number of aryl methyl sites for hydroxylation is 1. The van der Waals surface area contributed by atoms with Crippen LogP contribution in [0.3, 0.4) is 0 Å². The Hall–Kier alpha value is -1.71. The predicted molar refractivity (Wildman–Crippen MR) is 73.7 cm³/mol. The van der Waals surface area contributed by atoms with Crippen molar-refractivity contribution in [2.24, 2.45) is 0 Å². The zero-order valence-electron chi connectivity index (χ0n) is 11.6. The Labute approximate surface area is 122 Å². The summed E-state index contributed by atoms with van der Waals surface area (Å²) in [5.74, 6) is 0.966. The number of rotatable bonds is 7. The maximum Gasteiger partial charge on any atom is 0.258 e. The maximum absolute atomic E-state index is 12.3. The van der Waals surface area contributed by atoms with Gasteiger partial charge in [0.05, 0.1) is 18.9 Å². The molecule has 114 valence electrons. The fourth-order valence-corrected chi connectivity index (χ4v) is 3.01. The molecule has 1 saturated carbocycles. The largest absolute Gasteiger partial charge is 0.445 e. The molecule has 21 heavy (non-hydrogen) atoms. The Morgan fingerprint density at radius 3 is 2.86 bits per heavy atom. The molecule has 0 spiro atoms. The lowest BCUT2D eigenvalue weighted by Gasteiger charge is -2.06. The minimum Gasteiger partial charge on any atom is -0.445 e. The quantitative estimate of drug-likeness (QED) is 0.684. The van der Waals surface area contributed by atoms with Crippen LogP contribution in [-0.4, -0.2) is 29.6 Å². The lowest BCUT2D eigenvalue weighted by Crippen LogP contribution is -2.26. The van der Waals surface area contributed by atoms with Gasteiger partial charge in [-0.3, -0.25) is 5.10 Å². The first-order chi connectivity index (χ1) is 10.0. The topological polar surface area (TPSA) is 113 Å². The van der Waals surface area contributed by atoms with Crippen molar-refractivity contribution in [3.63, 3.8) is 0 Å². The van der Waals surface area contributed by atoms with Gasteiger partial charge in [0, 0.05) is 18.2 Å². The van der Waals surface area contributed by atoms with Gasteiger partial charge in [0.25, 0.3) is 10.0 Å². The molecule has 0 amide bonds. The highest BCUT2D eigenvalue weighted by Crippen LogP contribution is 2.20. The van der Waals surface area contributed by atoms with Crippen LogP contribution in [0.1, 0.15) is 30.1 Å². The number of H-pyrrole nitrogens is 1. The highest BCUT2D eigenvalue weighted by molar-refractivity contribution is 7.89. The molecule has 2 aromatic rings. The summed E-state index contributed by atoms with van der Waals surface area (Å²) in [6, 6.07) is 0.499. The molecule has 1 fully saturated rings. The van der Waals surface area contributed by atoms with Crippen LogP contribution < -0.4 is 10.0 Å². The number of aromatic amines is 1. The summed E-state index contributed by atoms with van der Waals surface area (Å²) in [5.41, 5.74) is 0.623. The van der Waals surface area contributed by atoms with E-state index >= 15 is 0 Å². The first-order valence-corrected chi connectivity index (χ1v) is 8.19. The van der Waals surface area contributed by atoms with Crippen LogP contribution in [0, 0.1) is 6.92 Å². The molecule has 3 rings (SSSR count). The van der Waals surface area contributed by atoms with E-state index in [-0.39, 0.29) is 11.6 Å². The Kier molecular flexibility index (Phi) is 3.79. The van der Waals surface area contributed by atoms with E-state index in [9.17, 15) is 8.42 Å². The molecule has 1 aliphatic rings. The second-order valence-corrected chi connectivity index (χ2v) is 6.77. The third-order valence-corrected chi connectivity index (χ3v) is 4.60. The van der Waals surface area contributed by atoms with Crippen molar-refractivity contribution in [1.29, 1.82) is 0 Å². The molecule has 0 bridgehead atoms. The molecule has 0 saturated heterocycles. The summed E-state index contributed by atoms with van der Waals surface area (Å²) >= 11 is 0. The summed E-state index contributed by atoms with van der Waals surface area (Å²) in [6.07, 6.45) is 5.35. The van der Waals surface area contributed by atoms with E-state index in [1.165, 1.54) is 6.20 Å². The average Bonchev–Trinajstić information content (AvgIpc) is 2.97. The minimum absolute atomic E-state index is 0.00465. The lowest BCUT2D eigenvalue weighted by atomic mass is 10.3. The summed E-state index contributed by atoms with van der Waals surface area (Å²) in [6.45, 7) is 2.24. The first kappa shape index (κ1) is 14.2. The van der Waals surface area contributed by atoms with Gasteiger partial charge in [0.15, 0.2) is 5.03 Å². The van der Waals surface area contributed by atoms with E-state index in [1.807, 2.05) is 0 Å². The normalized spacial score (nSPS) is 15.5. The number of nitrogens with zero attached hydrogens (tertiary/aromatic N) is 2. The van der Waals surface area contributed by atoms with Crippen LogP contribution >= 0.6 is 0 Å². The molecular weight excluding hydrogens is 294 g/mol. The van der Waals surface area contributed by atoms with Crippen LogP contribution in [0.25, 0.3) is 0 Å². The average molecular weight is 311 g/mol. The highest BCUT2D eigenvalue weighted by Gasteiger charge is 2.24. The van der Waals surface area contributed by atoms with Crippen LogP contribution in [0.5, 0.6) is 0 Å². The molecule has 0 unspecified atom stereocenters. The zero-order chi connectivity index (χ0) is 14.9. The second kappa shape index (κ2) is 5.58. The van der Waals surface area contributed by atoms with Crippen molar-refractivity contribution in [2.75, 3.05) is 0 Å². The third-order valence-electron chi connectivity index (χ3n) is 3.19. The molecule has 0 atom stereocenters. The van der Waals surface area contributed by atoms with Crippen molar-refractivity contribution in [1.82, 2.24) is 25.2 Å². The Bertz CT molecular complexity index is 717. The molecule has 2 aromatic heterocycles. The van der Waals surface area contributed by atoms with Crippen LogP contribution in [0.2, 0.25) is 0 Å². The standard InChI is InChI=1S/C12H17N5O3S/c1-8-4-14-11(20-8)7-16-21(18,19)12-9(6-15-17-12)5-13-10-2-3-10/h4,6,10,13,16H,2-3,5,7H2,1H3,(H,15,17). The minimum atomic E-state index is -3.67. The number of sulfonamides is 1. The number of hydrogen-bond donors (Lipinski definition) is 3. The molecule has 0 radical (unpaired) electrons. The zero-order valence-corrected chi connectivity index (χ0v) is 12.4. The summed E-state index contributed by atoms with van der Waals surface area (Å²) in [7, 11) is -3.67. The Balaban J connectivity index is 1.67. The van der Waals surface area contributed by atoms with Crippen LogP contribution in [0.15, 0.2) is 21.8 Å².